The maximum atomic E-state index is 13.9. The van der Waals surface area contributed by atoms with E-state index >= 15 is 0 Å². The summed E-state index contributed by atoms with van der Waals surface area (Å²) in [4.78, 5) is 26.6. The van der Waals surface area contributed by atoms with E-state index in [1.54, 1.807) is 24.3 Å². The van der Waals surface area contributed by atoms with Crippen LogP contribution >= 0.6 is 35.3 Å². The average molecular weight is 408 g/mol. The summed E-state index contributed by atoms with van der Waals surface area (Å²) in [5, 5.41) is 8.70. The van der Waals surface area contributed by atoms with E-state index in [-0.39, 0.29) is 18.1 Å². The van der Waals surface area contributed by atoms with Crippen molar-refractivity contribution < 1.29 is 19.1 Å². The van der Waals surface area contributed by atoms with Crippen LogP contribution in [-0.4, -0.2) is 32.7 Å². The van der Waals surface area contributed by atoms with Gasteiger partial charge in [0.2, 0.25) is 0 Å². The standard InChI is InChI=1S/C18H14FNO3S3/c19-13-5-2-1-4-12(13)14-8-7-11(25-14)10-15-17(23)20(18(24)26-15)9-3-6-16(21)22/h1-2,4-5,7-8,10H,3,6,9H2,(H,21,22)/b15-10+. The first kappa shape index (κ1) is 18.8. The molecule has 0 unspecified atom stereocenters. The third-order valence-electron chi connectivity index (χ3n) is 3.69. The SMILES string of the molecule is O=C(O)CCCN1C(=O)/C(=C\c2ccc(-c3ccccc3F)s2)SC1=S. The fourth-order valence-corrected chi connectivity index (χ4v) is 4.80. The van der Waals surface area contributed by atoms with Gasteiger partial charge in [0.25, 0.3) is 5.91 Å². The molecule has 1 N–H and O–H groups in total. The van der Waals surface area contributed by atoms with Crippen molar-refractivity contribution in [3.05, 3.63) is 52.0 Å². The van der Waals surface area contributed by atoms with E-state index in [1.165, 1.54) is 34.1 Å². The largest absolute Gasteiger partial charge is 0.481 e. The molecule has 0 aliphatic carbocycles. The molecule has 1 aromatic carbocycles. The van der Waals surface area contributed by atoms with E-state index in [2.05, 4.69) is 0 Å². The predicted octanol–water partition coefficient (Wildman–Crippen LogP) is 4.62. The van der Waals surface area contributed by atoms with Crippen molar-refractivity contribution in [2.45, 2.75) is 12.8 Å². The summed E-state index contributed by atoms with van der Waals surface area (Å²) in [7, 11) is 0. The number of halogens is 1. The number of amides is 1. The number of hydrogen-bond acceptors (Lipinski definition) is 5. The number of carboxylic acid groups (broad SMARTS) is 1. The van der Waals surface area contributed by atoms with Crippen LogP contribution in [0.25, 0.3) is 16.5 Å². The topological polar surface area (TPSA) is 57.6 Å². The third-order valence-corrected chi connectivity index (χ3v) is 6.13. The van der Waals surface area contributed by atoms with E-state index in [4.69, 9.17) is 17.3 Å². The number of nitrogens with zero attached hydrogens (tertiary/aromatic N) is 1. The second kappa shape index (κ2) is 8.11. The molecule has 134 valence electrons. The summed E-state index contributed by atoms with van der Waals surface area (Å²) in [6, 6.07) is 10.2. The molecule has 2 aromatic rings. The highest BCUT2D eigenvalue weighted by atomic mass is 32.2. The number of thioether (sulfide) groups is 1. The molecule has 1 aliphatic heterocycles. The lowest BCUT2D eigenvalue weighted by atomic mass is 10.2. The summed E-state index contributed by atoms with van der Waals surface area (Å²) in [5.41, 5.74) is 0.526. The van der Waals surface area contributed by atoms with Crippen LogP contribution in [0.5, 0.6) is 0 Å². The molecular formula is C18H14FNO3S3. The van der Waals surface area contributed by atoms with Gasteiger partial charge in [-0.15, -0.1) is 11.3 Å². The molecule has 0 radical (unpaired) electrons. The van der Waals surface area contributed by atoms with Crippen molar-refractivity contribution in [3.63, 3.8) is 0 Å². The number of carbonyl (C=O) groups is 2. The van der Waals surface area contributed by atoms with Crippen LogP contribution in [0.3, 0.4) is 0 Å². The second-order valence-electron chi connectivity index (χ2n) is 5.51. The smallest absolute Gasteiger partial charge is 0.303 e. The van der Waals surface area contributed by atoms with Crippen LogP contribution in [0.4, 0.5) is 4.39 Å². The number of aliphatic carboxylic acids is 1. The van der Waals surface area contributed by atoms with Crippen molar-refractivity contribution in [3.8, 4) is 10.4 Å². The van der Waals surface area contributed by atoms with Gasteiger partial charge in [-0.05, 0) is 30.7 Å². The lowest BCUT2D eigenvalue weighted by Gasteiger charge is -2.13. The summed E-state index contributed by atoms with van der Waals surface area (Å²) < 4.78 is 14.3. The number of carbonyl (C=O) groups excluding carboxylic acids is 1. The molecule has 26 heavy (non-hydrogen) atoms. The van der Waals surface area contributed by atoms with E-state index in [0.29, 0.717) is 27.8 Å². The first-order valence-electron chi connectivity index (χ1n) is 7.77. The Balaban J connectivity index is 1.75. The lowest BCUT2D eigenvalue weighted by molar-refractivity contribution is -0.137. The van der Waals surface area contributed by atoms with Crippen LogP contribution in [0, 0.1) is 5.82 Å². The Bertz CT molecular complexity index is 907. The predicted molar refractivity (Wildman–Crippen MR) is 106 cm³/mol. The third kappa shape index (κ3) is 4.20. The molecule has 0 spiro atoms. The van der Waals surface area contributed by atoms with Gasteiger partial charge in [-0.2, -0.15) is 0 Å². The van der Waals surface area contributed by atoms with Crippen molar-refractivity contribution in [1.29, 1.82) is 0 Å². The molecule has 1 aliphatic rings. The number of carboxylic acids is 1. The van der Waals surface area contributed by atoms with E-state index in [0.717, 1.165) is 9.75 Å². The summed E-state index contributed by atoms with van der Waals surface area (Å²) in [6.45, 7) is 0.291. The molecule has 1 saturated heterocycles. The lowest BCUT2D eigenvalue weighted by Crippen LogP contribution is -2.29. The number of thiocarbonyl (C=S) groups is 1. The molecule has 0 saturated carbocycles. The molecule has 0 bridgehead atoms. The van der Waals surface area contributed by atoms with Gasteiger partial charge in [0.1, 0.15) is 10.1 Å². The quantitative estimate of drug-likeness (QED) is 0.559. The first-order chi connectivity index (χ1) is 12.5. The van der Waals surface area contributed by atoms with Gasteiger partial charge in [-0.3, -0.25) is 14.5 Å². The number of thiophene rings is 1. The summed E-state index contributed by atoms with van der Waals surface area (Å²) in [5.74, 6) is -1.40. The second-order valence-corrected chi connectivity index (χ2v) is 8.30. The van der Waals surface area contributed by atoms with Crippen molar-refractivity contribution in [2.75, 3.05) is 6.54 Å². The summed E-state index contributed by atoms with van der Waals surface area (Å²) in [6.07, 6.45) is 2.09. The molecule has 3 rings (SSSR count). The van der Waals surface area contributed by atoms with Crippen LogP contribution in [0.2, 0.25) is 0 Å². The number of hydrogen-bond donors (Lipinski definition) is 1. The monoisotopic (exact) mass is 407 g/mol. The Labute approximate surface area is 163 Å². The Kier molecular flexibility index (Phi) is 5.85. The van der Waals surface area contributed by atoms with E-state index in [1.807, 2.05) is 12.1 Å². The Morgan fingerprint density at radius 3 is 2.77 bits per heavy atom. The molecular weight excluding hydrogens is 393 g/mol. The van der Waals surface area contributed by atoms with Crippen molar-refractivity contribution in [2.24, 2.45) is 0 Å². The Morgan fingerprint density at radius 1 is 1.27 bits per heavy atom. The van der Waals surface area contributed by atoms with E-state index in [9.17, 15) is 14.0 Å². The minimum Gasteiger partial charge on any atom is -0.481 e. The molecule has 1 fully saturated rings. The first-order valence-corrected chi connectivity index (χ1v) is 9.82. The van der Waals surface area contributed by atoms with Gasteiger partial charge in [-0.25, -0.2) is 4.39 Å². The van der Waals surface area contributed by atoms with E-state index < -0.39 is 5.97 Å². The van der Waals surface area contributed by atoms with Crippen LogP contribution in [-0.2, 0) is 9.59 Å². The zero-order valence-corrected chi connectivity index (χ0v) is 15.9. The zero-order valence-electron chi connectivity index (χ0n) is 13.5. The van der Waals surface area contributed by atoms with Gasteiger partial charge in [-0.1, -0.05) is 42.2 Å². The minimum atomic E-state index is -0.898. The highest BCUT2D eigenvalue weighted by Crippen LogP contribution is 2.36. The maximum Gasteiger partial charge on any atom is 0.303 e. The molecule has 0 atom stereocenters. The summed E-state index contributed by atoms with van der Waals surface area (Å²) >= 11 is 7.81. The average Bonchev–Trinajstić information content (AvgIpc) is 3.15. The molecule has 1 amide bonds. The van der Waals surface area contributed by atoms with Gasteiger partial charge in [0.05, 0.1) is 4.91 Å². The zero-order chi connectivity index (χ0) is 18.7. The van der Waals surface area contributed by atoms with Crippen LogP contribution in [0.1, 0.15) is 17.7 Å². The number of benzene rings is 1. The fourth-order valence-electron chi connectivity index (χ4n) is 2.45. The van der Waals surface area contributed by atoms with Gasteiger partial charge in [0.15, 0.2) is 0 Å². The van der Waals surface area contributed by atoms with Gasteiger partial charge in [0, 0.05) is 28.3 Å². The fraction of sp³-hybridized carbons (Fsp3) is 0.167. The van der Waals surface area contributed by atoms with Gasteiger partial charge < -0.3 is 5.11 Å². The Hall–Kier alpha value is -2.03. The Morgan fingerprint density at radius 2 is 2.04 bits per heavy atom. The molecule has 2 heterocycles. The molecule has 8 heteroatoms. The number of rotatable bonds is 6. The minimum absolute atomic E-state index is 0.00691. The normalized spacial score (nSPS) is 15.9. The highest BCUT2D eigenvalue weighted by Gasteiger charge is 2.31. The van der Waals surface area contributed by atoms with Crippen LogP contribution < -0.4 is 0 Å². The molecule has 1 aromatic heterocycles. The van der Waals surface area contributed by atoms with Crippen LogP contribution in [0.15, 0.2) is 41.3 Å². The van der Waals surface area contributed by atoms with Crippen molar-refractivity contribution in [1.82, 2.24) is 4.90 Å². The maximum absolute atomic E-state index is 13.9. The molecule has 4 nitrogen and oxygen atoms in total. The highest BCUT2D eigenvalue weighted by molar-refractivity contribution is 8.26. The van der Waals surface area contributed by atoms with Gasteiger partial charge >= 0.3 is 5.97 Å². The van der Waals surface area contributed by atoms with Crippen molar-refractivity contribution >= 4 is 57.6 Å².